The number of aliphatic carboxylic acids is 1. The number of unbranched alkanes of at least 4 members (excludes halogenated alkanes) is 26. The molecule has 2 unspecified atom stereocenters. The van der Waals surface area contributed by atoms with E-state index in [0.29, 0.717) is 12.8 Å². The zero-order valence-electron chi connectivity index (χ0n) is 40.6. The molecule has 8 heteroatoms. The molecule has 0 aromatic heterocycles. The van der Waals surface area contributed by atoms with Crippen molar-refractivity contribution in [3.05, 3.63) is 36.5 Å². The summed E-state index contributed by atoms with van der Waals surface area (Å²) >= 11 is 0. The molecule has 0 saturated carbocycles. The normalized spacial score (nSPS) is 13.1. The number of rotatable bonds is 46. The zero-order valence-corrected chi connectivity index (χ0v) is 40.6. The summed E-state index contributed by atoms with van der Waals surface area (Å²) in [6.07, 6.45) is 51.7. The number of allylic oxidation sites excluding steroid dienone is 6. The van der Waals surface area contributed by atoms with Crippen LogP contribution >= 0.6 is 0 Å². The Labute approximate surface area is 376 Å². The Hall–Kier alpha value is -2.45. The number of carboxylic acids is 1. The summed E-state index contributed by atoms with van der Waals surface area (Å²) in [4.78, 5) is 37.0. The maximum absolute atomic E-state index is 12.8. The lowest BCUT2D eigenvalue weighted by Gasteiger charge is -2.34. The van der Waals surface area contributed by atoms with Gasteiger partial charge in [-0.3, -0.25) is 9.59 Å². The molecule has 0 aromatic rings. The summed E-state index contributed by atoms with van der Waals surface area (Å²) in [7, 11) is 5.42. The van der Waals surface area contributed by atoms with E-state index in [1.807, 2.05) is 0 Å². The van der Waals surface area contributed by atoms with Crippen molar-refractivity contribution in [2.75, 3.05) is 41.0 Å². The Morgan fingerprint density at radius 1 is 0.508 bits per heavy atom. The van der Waals surface area contributed by atoms with E-state index in [1.54, 1.807) is 21.1 Å². The van der Waals surface area contributed by atoms with E-state index in [0.717, 1.165) is 64.2 Å². The molecular weight excluding hydrogens is 763 g/mol. The lowest BCUT2D eigenvalue weighted by Crippen LogP contribution is -2.55. The Bertz CT molecular complexity index is 1090. The van der Waals surface area contributed by atoms with Gasteiger partial charge in [-0.05, 0) is 64.2 Å². The van der Waals surface area contributed by atoms with Gasteiger partial charge in [0.25, 0.3) is 0 Å². The smallest absolute Gasteiger partial charge is 0.306 e. The molecule has 0 radical (unpaired) electrons. The fraction of sp³-hybridized carbons (Fsp3) is 0.830. The standard InChI is InChI=1S/C53H97NO7/c1-6-8-10-12-14-16-18-20-22-24-25-26-27-28-30-31-33-35-37-39-41-43-51(55)60-48-49(47-59-46-45-50(53(57)58)54(3,4)5)61-52(56)44-42-40-38-36-34-32-29-23-21-19-17-15-13-11-9-7-2/h8,10,14,16,23,29,49-50H,6-7,9,11-13,15,17-22,24-28,30-48H2,1-5H3/b10-8+,16-14+,29-23+. The first kappa shape index (κ1) is 58.6. The van der Waals surface area contributed by atoms with Crippen LogP contribution in [-0.4, -0.2) is 75.5 Å². The summed E-state index contributed by atoms with van der Waals surface area (Å²) < 4.78 is 17.2. The highest BCUT2D eigenvalue weighted by atomic mass is 16.6. The first-order chi connectivity index (χ1) is 29.6. The molecule has 0 spiro atoms. The summed E-state index contributed by atoms with van der Waals surface area (Å²) in [6.45, 7) is 4.58. The average molecular weight is 860 g/mol. The van der Waals surface area contributed by atoms with Gasteiger partial charge in [-0.25, -0.2) is 0 Å². The third-order valence-electron chi connectivity index (χ3n) is 11.5. The van der Waals surface area contributed by atoms with Crippen molar-refractivity contribution in [2.24, 2.45) is 0 Å². The molecule has 2 atom stereocenters. The molecule has 0 aliphatic heterocycles. The van der Waals surface area contributed by atoms with Crippen LogP contribution in [0.25, 0.3) is 0 Å². The van der Waals surface area contributed by atoms with Gasteiger partial charge in [0.15, 0.2) is 6.10 Å². The third kappa shape index (κ3) is 42.6. The van der Waals surface area contributed by atoms with Gasteiger partial charge in [0.05, 0.1) is 40.3 Å². The second-order valence-electron chi connectivity index (χ2n) is 18.4. The van der Waals surface area contributed by atoms with Crippen molar-refractivity contribution in [2.45, 2.75) is 244 Å². The van der Waals surface area contributed by atoms with Gasteiger partial charge >= 0.3 is 11.9 Å². The fourth-order valence-corrected chi connectivity index (χ4v) is 7.58. The van der Waals surface area contributed by atoms with Gasteiger partial charge in [0.1, 0.15) is 12.6 Å². The Morgan fingerprint density at radius 3 is 1.36 bits per heavy atom. The predicted molar refractivity (Wildman–Crippen MR) is 254 cm³/mol. The minimum Gasteiger partial charge on any atom is -0.544 e. The molecule has 0 aliphatic rings. The molecule has 0 aromatic carbocycles. The number of quaternary nitrogens is 1. The molecule has 0 amide bonds. The minimum absolute atomic E-state index is 0.0399. The Kier molecular flexibility index (Phi) is 42.4. The number of carboxylic acid groups (broad SMARTS) is 1. The third-order valence-corrected chi connectivity index (χ3v) is 11.5. The van der Waals surface area contributed by atoms with Gasteiger partial charge in [-0.1, -0.05) is 185 Å². The molecule has 0 saturated heterocycles. The average Bonchev–Trinajstić information content (AvgIpc) is 3.22. The van der Waals surface area contributed by atoms with Gasteiger partial charge in [-0.2, -0.15) is 0 Å². The van der Waals surface area contributed by atoms with E-state index in [2.05, 4.69) is 50.3 Å². The van der Waals surface area contributed by atoms with Crippen LogP contribution in [0, 0.1) is 0 Å². The van der Waals surface area contributed by atoms with Crippen molar-refractivity contribution < 1.29 is 38.2 Å². The molecule has 0 bridgehead atoms. The largest absolute Gasteiger partial charge is 0.544 e. The molecule has 0 heterocycles. The molecule has 0 N–H and O–H groups in total. The first-order valence-corrected chi connectivity index (χ1v) is 25.5. The van der Waals surface area contributed by atoms with Crippen molar-refractivity contribution in [1.82, 2.24) is 0 Å². The summed E-state index contributed by atoms with van der Waals surface area (Å²) in [6, 6.07) is -0.726. The Balaban J connectivity index is 4.21. The number of hydrogen-bond donors (Lipinski definition) is 0. The first-order valence-electron chi connectivity index (χ1n) is 25.5. The Morgan fingerprint density at radius 2 is 0.918 bits per heavy atom. The number of esters is 2. The number of ether oxygens (including phenoxy) is 3. The van der Waals surface area contributed by atoms with Crippen LogP contribution < -0.4 is 5.11 Å². The molecule has 356 valence electrons. The second kappa shape index (κ2) is 44.2. The highest BCUT2D eigenvalue weighted by molar-refractivity contribution is 5.70. The van der Waals surface area contributed by atoms with E-state index >= 15 is 0 Å². The van der Waals surface area contributed by atoms with Gasteiger partial charge < -0.3 is 28.6 Å². The number of likely N-dealkylation sites (N-methyl/N-ethyl adjacent to an activating group) is 1. The van der Waals surface area contributed by atoms with Crippen molar-refractivity contribution in [3.63, 3.8) is 0 Å². The minimum atomic E-state index is -1.12. The predicted octanol–water partition coefficient (Wildman–Crippen LogP) is 13.3. The van der Waals surface area contributed by atoms with Crippen molar-refractivity contribution in [1.29, 1.82) is 0 Å². The van der Waals surface area contributed by atoms with Crippen LogP contribution in [0.15, 0.2) is 36.5 Å². The highest BCUT2D eigenvalue weighted by Crippen LogP contribution is 2.16. The monoisotopic (exact) mass is 860 g/mol. The van der Waals surface area contributed by atoms with Crippen LogP contribution in [0.2, 0.25) is 0 Å². The fourth-order valence-electron chi connectivity index (χ4n) is 7.58. The van der Waals surface area contributed by atoms with Gasteiger partial charge in [0, 0.05) is 19.3 Å². The van der Waals surface area contributed by atoms with Crippen molar-refractivity contribution >= 4 is 17.9 Å². The zero-order chi connectivity index (χ0) is 44.9. The van der Waals surface area contributed by atoms with Crippen molar-refractivity contribution in [3.8, 4) is 0 Å². The highest BCUT2D eigenvalue weighted by Gasteiger charge is 2.25. The maximum atomic E-state index is 12.8. The molecule has 0 rings (SSSR count). The molecule has 0 fully saturated rings. The summed E-state index contributed by atoms with van der Waals surface area (Å²) in [5.41, 5.74) is 0. The van der Waals surface area contributed by atoms with Gasteiger partial charge in [0.2, 0.25) is 0 Å². The van der Waals surface area contributed by atoms with Crippen LogP contribution in [-0.2, 0) is 28.6 Å². The topological polar surface area (TPSA) is 102 Å². The van der Waals surface area contributed by atoms with E-state index in [1.165, 1.54) is 135 Å². The van der Waals surface area contributed by atoms with E-state index in [4.69, 9.17) is 14.2 Å². The lowest BCUT2D eigenvalue weighted by atomic mass is 10.0. The maximum Gasteiger partial charge on any atom is 0.306 e. The van der Waals surface area contributed by atoms with E-state index in [-0.39, 0.29) is 42.7 Å². The van der Waals surface area contributed by atoms with E-state index < -0.39 is 18.1 Å². The number of nitrogens with zero attached hydrogens (tertiary/aromatic N) is 1. The molecule has 0 aliphatic carbocycles. The summed E-state index contributed by atoms with van der Waals surface area (Å²) in [5.74, 6) is -1.73. The van der Waals surface area contributed by atoms with Crippen LogP contribution in [0.1, 0.15) is 232 Å². The van der Waals surface area contributed by atoms with E-state index in [9.17, 15) is 19.5 Å². The van der Waals surface area contributed by atoms with Crippen LogP contribution in [0.3, 0.4) is 0 Å². The lowest BCUT2D eigenvalue weighted by molar-refractivity contribution is -0.889. The SMILES string of the molecule is CC/C=C/C/C=C/CCCCCCCCCCCCCCCCC(=O)OCC(COCCC(C(=O)[O-])[N+](C)(C)C)OC(=O)CCCCCCC/C=C/CCCCCCCCC. The van der Waals surface area contributed by atoms with Gasteiger partial charge in [-0.15, -0.1) is 0 Å². The molecule has 61 heavy (non-hydrogen) atoms. The number of carbonyl (C=O) groups is 3. The number of hydrogen-bond acceptors (Lipinski definition) is 7. The second-order valence-corrected chi connectivity index (χ2v) is 18.4. The van der Waals surface area contributed by atoms with Crippen LogP contribution in [0.5, 0.6) is 0 Å². The summed E-state index contributed by atoms with van der Waals surface area (Å²) in [5, 5.41) is 11.7. The van der Waals surface area contributed by atoms with Crippen LogP contribution in [0.4, 0.5) is 0 Å². The quantitative estimate of drug-likeness (QED) is 0.0260. The molecular formula is C53H97NO7. The molecule has 8 nitrogen and oxygen atoms in total. The number of carbonyl (C=O) groups excluding carboxylic acids is 3.